The molecule has 1 aliphatic heterocycles. The lowest BCUT2D eigenvalue weighted by Crippen LogP contribution is -2.29. The zero-order chi connectivity index (χ0) is 22.4. The second-order valence-electron chi connectivity index (χ2n) is 9.29. The Hall–Kier alpha value is -3.26. The number of hydrogen-bond donors (Lipinski definition) is 2. The number of aromatic nitrogens is 5. The van der Waals surface area contributed by atoms with Crippen LogP contribution in [0.15, 0.2) is 36.4 Å². The van der Waals surface area contributed by atoms with Gasteiger partial charge in [0, 0.05) is 31.3 Å². The third kappa shape index (κ3) is 3.88. The molecule has 0 radical (unpaired) electrons. The third-order valence-electron chi connectivity index (χ3n) is 6.88. The molecule has 33 heavy (non-hydrogen) atoms. The van der Waals surface area contributed by atoms with Crippen LogP contribution in [0.4, 0.5) is 11.6 Å². The molecule has 1 aromatic carbocycles. The summed E-state index contributed by atoms with van der Waals surface area (Å²) in [6.07, 6.45) is 5.80. The van der Waals surface area contributed by atoms with Gasteiger partial charge >= 0.3 is 0 Å². The lowest BCUT2D eigenvalue weighted by atomic mass is 9.93. The summed E-state index contributed by atoms with van der Waals surface area (Å²) in [7, 11) is 0. The maximum Gasteiger partial charge on any atom is 0.160 e. The number of para-hydroxylation sites is 2. The Morgan fingerprint density at radius 2 is 1.67 bits per heavy atom. The number of benzene rings is 1. The number of nitrogens with one attached hydrogen (secondary N) is 1. The van der Waals surface area contributed by atoms with Crippen LogP contribution in [0.1, 0.15) is 44.2 Å². The molecule has 1 aliphatic carbocycles. The minimum atomic E-state index is -0.175. The van der Waals surface area contributed by atoms with Crippen LogP contribution in [0.3, 0.4) is 0 Å². The maximum atomic E-state index is 9.91. The Morgan fingerprint density at radius 1 is 0.939 bits per heavy atom. The van der Waals surface area contributed by atoms with E-state index >= 15 is 0 Å². The van der Waals surface area contributed by atoms with Crippen LogP contribution in [0.2, 0.25) is 0 Å². The monoisotopic (exact) mass is 443 g/mol. The average Bonchev–Trinajstić information content (AvgIpc) is 3.50. The minimum absolute atomic E-state index is 0.175. The van der Waals surface area contributed by atoms with Crippen molar-refractivity contribution in [3.05, 3.63) is 42.1 Å². The maximum absolute atomic E-state index is 9.91. The number of nitrogens with zero attached hydrogens (tertiary/aromatic N) is 6. The van der Waals surface area contributed by atoms with Crippen LogP contribution in [-0.4, -0.2) is 54.9 Å². The van der Waals surface area contributed by atoms with E-state index in [2.05, 4.69) is 16.3 Å². The summed E-state index contributed by atoms with van der Waals surface area (Å²) >= 11 is 0. The quantitative estimate of drug-likeness (QED) is 0.493. The van der Waals surface area contributed by atoms with Crippen molar-refractivity contribution in [3.63, 3.8) is 0 Å². The molecule has 0 spiro atoms. The van der Waals surface area contributed by atoms with Gasteiger partial charge in [0.1, 0.15) is 23.0 Å². The lowest BCUT2D eigenvalue weighted by molar-refractivity contribution is 0.126. The van der Waals surface area contributed by atoms with Gasteiger partial charge in [-0.1, -0.05) is 12.1 Å². The number of rotatable bonds is 4. The number of aliphatic hydroxyl groups excluding tert-OH is 1. The fraction of sp³-hybridized carbons (Fsp3) is 0.440. The summed E-state index contributed by atoms with van der Waals surface area (Å²) in [5.41, 5.74) is 4.97. The highest BCUT2D eigenvalue weighted by Gasteiger charge is 2.23. The summed E-state index contributed by atoms with van der Waals surface area (Å²) in [4.78, 5) is 16.9. The molecule has 6 rings (SSSR count). The summed E-state index contributed by atoms with van der Waals surface area (Å²) in [5.74, 6) is 1.94. The highest BCUT2D eigenvalue weighted by atomic mass is 16.3. The molecule has 0 unspecified atom stereocenters. The van der Waals surface area contributed by atoms with Gasteiger partial charge in [-0.2, -0.15) is 9.61 Å². The van der Waals surface area contributed by atoms with Crippen LogP contribution in [0.5, 0.6) is 0 Å². The molecule has 2 aliphatic rings. The van der Waals surface area contributed by atoms with Gasteiger partial charge in [-0.25, -0.2) is 15.0 Å². The van der Waals surface area contributed by atoms with Crippen molar-refractivity contribution in [3.8, 4) is 11.4 Å². The van der Waals surface area contributed by atoms with Gasteiger partial charge in [0.15, 0.2) is 5.65 Å². The summed E-state index contributed by atoms with van der Waals surface area (Å²) in [6.45, 7) is 4.05. The van der Waals surface area contributed by atoms with E-state index in [-0.39, 0.29) is 6.10 Å². The standard InChI is InChI=1S/C25H29N7O/c1-16-25(28-20-7-3-2-6-19(20)26-16)21-14-23-29-22(31-12-4-5-13-31)15-24(32(23)30-21)27-17-8-10-18(33)11-9-17/h2-3,6-7,14-15,17-18,27,33H,4-5,8-13H2,1H3. The van der Waals surface area contributed by atoms with Gasteiger partial charge in [0.05, 0.1) is 22.8 Å². The summed E-state index contributed by atoms with van der Waals surface area (Å²) in [5, 5.41) is 18.5. The predicted molar refractivity (Wildman–Crippen MR) is 130 cm³/mol. The first-order valence-electron chi connectivity index (χ1n) is 12.0. The average molecular weight is 444 g/mol. The Balaban J connectivity index is 1.44. The highest BCUT2D eigenvalue weighted by Crippen LogP contribution is 2.29. The van der Waals surface area contributed by atoms with Crippen molar-refractivity contribution in [2.45, 2.75) is 57.6 Å². The van der Waals surface area contributed by atoms with Crippen LogP contribution in [0.25, 0.3) is 28.1 Å². The molecule has 0 atom stereocenters. The molecule has 8 nitrogen and oxygen atoms in total. The smallest absolute Gasteiger partial charge is 0.160 e. The molecule has 0 amide bonds. The number of hydrogen-bond acceptors (Lipinski definition) is 7. The summed E-state index contributed by atoms with van der Waals surface area (Å²) in [6, 6.07) is 12.4. The van der Waals surface area contributed by atoms with Crippen molar-refractivity contribution in [2.75, 3.05) is 23.3 Å². The number of aliphatic hydroxyl groups is 1. The van der Waals surface area contributed by atoms with Crippen molar-refractivity contribution >= 4 is 28.3 Å². The number of fused-ring (bicyclic) bond motifs is 2. The first kappa shape index (κ1) is 20.4. The fourth-order valence-corrected chi connectivity index (χ4v) is 5.05. The SMILES string of the molecule is Cc1nc2ccccc2nc1-c1cc2nc(N3CCCC3)cc(NC3CCC(O)CC3)n2n1. The topological polar surface area (TPSA) is 91.5 Å². The van der Waals surface area contributed by atoms with E-state index in [9.17, 15) is 5.11 Å². The molecule has 8 heteroatoms. The van der Waals surface area contributed by atoms with E-state index in [0.717, 1.165) is 84.2 Å². The van der Waals surface area contributed by atoms with Crippen molar-refractivity contribution in [1.82, 2.24) is 24.6 Å². The second kappa shape index (κ2) is 8.26. The van der Waals surface area contributed by atoms with Crippen LogP contribution < -0.4 is 10.2 Å². The minimum Gasteiger partial charge on any atom is -0.393 e. The molecule has 0 bridgehead atoms. The molecule has 4 aromatic rings. The predicted octanol–water partition coefficient (Wildman–Crippen LogP) is 3.96. The van der Waals surface area contributed by atoms with Gasteiger partial charge < -0.3 is 15.3 Å². The molecule has 2 N–H and O–H groups in total. The molecule has 3 aromatic heterocycles. The van der Waals surface area contributed by atoms with Crippen LogP contribution in [0, 0.1) is 6.92 Å². The normalized spacial score (nSPS) is 21.2. The first-order valence-corrected chi connectivity index (χ1v) is 12.0. The number of aryl methyl sites for hydroxylation is 1. The molecule has 2 fully saturated rings. The Bertz CT molecular complexity index is 1300. The van der Waals surface area contributed by atoms with E-state index in [1.54, 1.807) is 0 Å². The largest absolute Gasteiger partial charge is 0.393 e. The molecular formula is C25H29N7O. The zero-order valence-electron chi connectivity index (χ0n) is 18.9. The van der Waals surface area contributed by atoms with Crippen LogP contribution in [-0.2, 0) is 0 Å². The highest BCUT2D eigenvalue weighted by molar-refractivity contribution is 5.78. The second-order valence-corrected chi connectivity index (χ2v) is 9.29. The van der Waals surface area contributed by atoms with E-state index in [4.69, 9.17) is 20.1 Å². The van der Waals surface area contributed by atoms with Crippen molar-refractivity contribution in [1.29, 1.82) is 0 Å². The molecular weight excluding hydrogens is 414 g/mol. The molecule has 170 valence electrons. The van der Waals surface area contributed by atoms with E-state index < -0.39 is 0 Å². The Labute approximate surface area is 192 Å². The van der Waals surface area contributed by atoms with E-state index in [0.29, 0.717) is 6.04 Å². The third-order valence-corrected chi connectivity index (χ3v) is 6.88. The van der Waals surface area contributed by atoms with Gasteiger partial charge in [-0.15, -0.1) is 0 Å². The first-order chi connectivity index (χ1) is 16.1. The zero-order valence-corrected chi connectivity index (χ0v) is 18.9. The lowest BCUT2D eigenvalue weighted by Gasteiger charge is -2.27. The van der Waals surface area contributed by atoms with Gasteiger partial charge in [0.25, 0.3) is 0 Å². The van der Waals surface area contributed by atoms with Gasteiger partial charge in [-0.3, -0.25) is 0 Å². The summed E-state index contributed by atoms with van der Waals surface area (Å²) < 4.78 is 1.90. The number of anilines is 2. The van der Waals surface area contributed by atoms with E-state index in [1.165, 1.54) is 12.8 Å². The molecule has 1 saturated heterocycles. The molecule has 4 heterocycles. The fourth-order valence-electron chi connectivity index (χ4n) is 5.05. The van der Waals surface area contributed by atoms with Gasteiger partial charge in [-0.05, 0) is 57.6 Å². The Kier molecular flexibility index (Phi) is 5.10. The van der Waals surface area contributed by atoms with E-state index in [1.807, 2.05) is 41.8 Å². The Morgan fingerprint density at radius 3 is 2.42 bits per heavy atom. The van der Waals surface area contributed by atoms with Crippen molar-refractivity contribution < 1.29 is 5.11 Å². The molecule has 1 saturated carbocycles. The van der Waals surface area contributed by atoms with Gasteiger partial charge in [0.2, 0.25) is 0 Å². The van der Waals surface area contributed by atoms with Crippen LogP contribution >= 0.6 is 0 Å². The van der Waals surface area contributed by atoms with Crippen molar-refractivity contribution in [2.24, 2.45) is 0 Å².